The molecule has 1 heterocycles. The third-order valence-corrected chi connectivity index (χ3v) is 4.35. The highest BCUT2D eigenvalue weighted by Gasteiger charge is 2.14. The highest BCUT2D eigenvalue weighted by atomic mass is 16.5. The van der Waals surface area contributed by atoms with Crippen molar-refractivity contribution in [2.24, 2.45) is 0 Å². The summed E-state index contributed by atoms with van der Waals surface area (Å²) in [7, 11) is 0. The van der Waals surface area contributed by atoms with E-state index in [1.54, 1.807) is 6.08 Å². The van der Waals surface area contributed by atoms with E-state index in [-0.39, 0.29) is 5.91 Å². The molecule has 1 amide bonds. The number of nitrogens with one attached hydrogen (secondary N) is 2. The first-order valence-electron chi connectivity index (χ1n) is 8.90. The van der Waals surface area contributed by atoms with E-state index < -0.39 is 0 Å². The highest BCUT2D eigenvalue weighted by molar-refractivity contribution is 6.04. The van der Waals surface area contributed by atoms with Crippen LogP contribution in [0.25, 0.3) is 0 Å². The molecule has 1 aliphatic heterocycles. The molecule has 0 saturated carbocycles. The zero-order valence-electron chi connectivity index (χ0n) is 14.9. The van der Waals surface area contributed by atoms with Gasteiger partial charge in [0.15, 0.2) is 0 Å². The van der Waals surface area contributed by atoms with E-state index in [4.69, 9.17) is 9.47 Å². The lowest BCUT2D eigenvalue weighted by atomic mass is 10.1. The minimum absolute atomic E-state index is 0.116. The van der Waals surface area contributed by atoms with E-state index in [1.165, 1.54) is 10.5 Å². The number of benzene rings is 2. The van der Waals surface area contributed by atoms with Crippen LogP contribution in [-0.4, -0.2) is 38.8 Å². The van der Waals surface area contributed by atoms with Crippen LogP contribution >= 0.6 is 0 Å². The number of ether oxygens (including phenoxy) is 2. The number of amides is 1. The fourth-order valence-corrected chi connectivity index (χ4v) is 2.89. The Morgan fingerprint density at radius 1 is 1.12 bits per heavy atom. The van der Waals surface area contributed by atoms with Gasteiger partial charge in [-0.25, -0.2) is 0 Å². The standard InChI is InChI=1S/C21H24N2O3/c1-2-13-26-20-9-7-19(8-10-20)22-21(24)18-5-3-17(4-6-18)16-23-11-14-25-15-12-23/h2-10H,1,11-16H2,(H,22,24)/p+1. The Hall–Kier alpha value is -2.63. The van der Waals surface area contributed by atoms with E-state index >= 15 is 0 Å². The lowest BCUT2D eigenvalue weighted by Crippen LogP contribution is -3.12. The van der Waals surface area contributed by atoms with Crippen LogP contribution in [0.2, 0.25) is 0 Å². The topological polar surface area (TPSA) is 52.0 Å². The monoisotopic (exact) mass is 353 g/mol. The molecule has 1 saturated heterocycles. The summed E-state index contributed by atoms with van der Waals surface area (Å²) in [6, 6.07) is 15.1. The van der Waals surface area contributed by atoms with Gasteiger partial charge < -0.3 is 19.7 Å². The molecule has 26 heavy (non-hydrogen) atoms. The van der Waals surface area contributed by atoms with Crippen molar-refractivity contribution in [2.75, 3.05) is 38.2 Å². The summed E-state index contributed by atoms with van der Waals surface area (Å²) in [4.78, 5) is 13.9. The van der Waals surface area contributed by atoms with Crippen molar-refractivity contribution in [1.82, 2.24) is 0 Å². The van der Waals surface area contributed by atoms with E-state index in [1.807, 2.05) is 48.5 Å². The van der Waals surface area contributed by atoms with E-state index in [2.05, 4.69) is 11.9 Å². The number of hydrogen-bond donors (Lipinski definition) is 2. The van der Waals surface area contributed by atoms with Gasteiger partial charge in [-0.1, -0.05) is 24.8 Å². The lowest BCUT2D eigenvalue weighted by molar-refractivity contribution is -0.921. The molecule has 5 nitrogen and oxygen atoms in total. The molecule has 5 heteroatoms. The molecule has 1 aliphatic rings. The maximum absolute atomic E-state index is 12.4. The minimum atomic E-state index is -0.116. The number of hydrogen-bond acceptors (Lipinski definition) is 3. The van der Waals surface area contributed by atoms with Gasteiger partial charge in [-0.05, 0) is 36.4 Å². The second kappa shape index (κ2) is 9.17. The molecule has 0 aliphatic carbocycles. The maximum Gasteiger partial charge on any atom is 0.255 e. The van der Waals surface area contributed by atoms with Crippen LogP contribution in [0.15, 0.2) is 61.2 Å². The fraction of sp³-hybridized carbons (Fsp3) is 0.286. The summed E-state index contributed by atoms with van der Waals surface area (Å²) in [5, 5.41) is 2.91. The summed E-state index contributed by atoms with van der Waals surface area (Å²) in [6.07, 6.45) is 1.69. The zero-order valence-corrected chi connectivity index (χ0v) is 14.9. The second-order valence-electron chi connectivity index (χ2n) is 6.31. The second-order valence-corrected chi connectivity index (χ2v) is 6.31. The number of morpholine rings is 1. The average molecular weight is 353 g/mol. The Morgan fingerprint density at radius 2 is 1.81 bits per heavy atom. The molecular weight excluding hydrogens is 328 g/mol. The molecule has 3 rings (SSSR count). The fourth-order valence-electron chi connectivity index (χ4n) is 2.89. The Bertz CT molecular complexity index is 720. The largest absolute Gasteiger partial charge is 0.490 e. The van der Waals surface area contributed by atoms with Gasteiger partial charge >= 0.3 is 0 Å². The third-order valence-electron chi connectivity index (χ3n) is 4.35. The van der Waals surface area contributed by atoms with Crippen molar-refractivity contribution in [1.29, 1.82) is 0 Å². The Balaban J connectivity index is 1.54. The summed E-state index contributed by atoms with van der Waals surface area (Å²) in [5.41, 5.74) is 2.63. The number of rotatable bonds is 7. The summed E-state index contributed by atoms with van der Waals surface area (Å²) < 4.78 is 10.8. The number of anilines is 1. The maximum atomic E-state index is 12.4. The summed E-state index contributed by atoms with van der Waals surface area (Å²) in [5.74, 6) is 0.632. The van der Waals surface area contributed by atoms with Gasteiger partial charge in [0.05, 0.1) is 13.2 Å². The SMILES string of the molecule is C=CCOc1ccc(NC(=O)c2ccc(C[NH+]3CCOCC3)cc2)cc1. The van der Waals surface area contributed by atoms with Crippen molar-refractivity contribution < 1.29 is 19.2 Å². The van der Waals surface area contributed by atoms with E-state index in [9.17, 15) is 4.79 Å². The molecule has 0 bridgehead atoms. The molecule has 0 atom stereocenters. The van der Waals surface area contributed by atoms with E-state index in [0.717, 1.165) is 44.3 Å². The van der Waals surface area contributed by atoms with Crippen LogP contribution in [0.3, 0.4) is 0 Å². The van der Waals surface area contributed by atoms with Crippen LogP contribution in [0.4, 0.5) is 5.69 Å². The van der Waals surface area contributed by atoms with Gasteiger partial charge in [-0.2, -0.15) is 0 Å². The van der Waals surface area contributed by atoms with Crippen LogP contribution < -0.4 is 15.0 Å². The quantitative estimate of drug-likeness (QED) is 0.748. The lowest BCUT2D eigenvalue weighted by Gasteiger charge is -2.23. The van der Waals surface area contributed by atoms with Gasteiger partial charge in [0.2, 0.25) is 0 Å². The smallest absolute Gasteiger partial charge is 0.255 e. The Kier molecular flexibility index (Phi) is 6.41. The number of quaternary nitrogens is 1. The molecule has 0 aromatic heterocycles. The normalized spacial score (nSPS) is 14.6. The van der Waals surface area contributed by atoms with Crippen molar-refractivity contribution in [2.45, 2.75) is 6.54 Å². The highest BCUT2D eigenvalue weighted by Crippen LogP contribution is 2.16. The summed E-state index contributed by atoms with van der Waals surface area (Å²) in [6.45, 7) is 8.77. The van der Waals surface area contributed by atoms with Gasteiger partial charge in [0.25, 0.3) is 5.91 Å². The number of carbonyl (C=O) groups excluding carboxylic acids is 1. The zero-order chi connectivity index (χ0) is 18.2. The van der Waals surface area contributed by atoms with Crippen molar-refractivity contribution in [3.8, 4) is 5.75 Å². The van der Waals surface area contributed by atoms with E-state index in [0.29, 0.717) is 12.2 Å². The van der Waals surface area contributed by atoms with Gasteiger partial charge in [-0.3, -0.25) is 4.79 Å². The first-order chi connectivity index (χ1) is 12.7. The number of carbonyl (C=O) groups is 1. The molecule has 2 aromatic rings. The van der Waals surface area contributed by atoms with Crippen molar-refractivity contribution in [3.63, 3.8) is 0 Å². The van der Waals surface area contributed by atoms with Crippen molar-refractivity contribution >= 4 is 11.6 Å². The molecule has 1 fully saturated rings. The van der Waals surface area contributed by atoms with Crippen LogP contribution in [0.5, 0.6) is 5.75 Å². The van der Waals surface area contributed by atoms with Crippen molar-refractivity contribution in [3.05, 3.63) is 72.3 Å². The Morgan fingerprint density at radius 3 is 2.46 bits per heavy atom. The molecule has 0 spiro atoms. The molecule has 0 unspecified atom stereocenters. The van der Waals surface area contributed by atoms with Crippen LogP contribution in [-0.2, 0) is 11.3 Å². The molecule has 2 aromatic carbocycles. The first-order valence-corrected chi connectivity index (χ1v) is 8.90. The molecular formula is C21H25N2O3+. The molecule has 136 valence electrons. The van der Waals surface area contributed by atoms with Gasteiger partial charge in [0.1, 0.15) is 32.0 Å². The molecule has 0 radical (unpaired) electrons. The predicted octanol–water partition coefficient (Wildman–Crippen LogP) is 1.92. The average Bonchev–Trinajstić information content (AvgIpc) is 2.69. The van der Waals surface area contributed by atoms with Crippen LogP contribution in [0.1, 0.15) is 15.9 Å². The van der Waals surface area contributed by atoms with Gasteiger partial charge in [-0.15, -0.1) is 0 Å². The summed E-state index contributed by atoms with van der Waals surface area (Å²) >= 11 is 0. The van der Waals surface area contributed by atoms with Crippen LogP contribution in [0, 0.1) is 0 Å². The minimum Gasteiger partial charge on any atom is -0.490 e. The Labute approximate surface area is 154 Å². The van der Waals surface area contributed by atoms with Gasteiger partial charge in [0, 0.05) is 16.8 Å². The molecule has 2 N–H and O–H groups in total. The third kappa shape index (κ3) is 5.18. The predicted molar refractivity (Wildman–Crippen MR) is 102 cm³/mol. The first kappa shape index (κ1) is 18.2.